The van der Waals surface area contributed by atoms with Gasteiger partial charge >= 0.3 is 0 Å². The second-order valence-corrected chi connectivity index (χ2v) is 4.34. The first-order chi connectivity index (χ1) is 7.18. The standard InChI is InChI=1S/C12H18ClNO/c1-10(2)9-14-6-7-15-12-5-3-4-11(13)8-12/h3-5,8,10,14H,6-7,9H2,1-2H3. The SMILES string of the molecule is CC(C)CNCCOc1cccc(Cl)c1. The molecule has 0 spiro atoms. The number of nitrogens with one attached hydrogen (secondary N) is 1. The Labute approximate surface area is 96.6 Å². The Balaban J connectivity index is 2.15. The summed E-state index contributed by atoms with van der Waals surface area (Å²) in [6.07, 6.45) is 0. The summed E-state index contributed by atoms with van der Waals surface area (Å²) in [7, 11) is 0. The van der Waals surface area contributed by atoms with Crippen LogP contribution in [0.4, 0.5) is 0 Å². The molecule has 1 aromatic carbocycles. The maximum absolute atomic E-state index is 5.83. The first-order valence-corrected chi connectivity index (χ1v) is 5.65. The normalized spacial score (nSPS) is 10.7. The second kappa shape index (κ2) is 6.70. The van der Waals surface area contributed by atoms with E-state index in [2.05, 4.69) is 19.2 Å². The van der Waals surface area contributed by atoms with E-state index in [1.165, 1.54) is 0 Å². The highest BCUT2D eigenvalue weighted by molar-refractivity contribution is 6.30. The molecule has 0 saturated heterocycles. The summed E-state index contributed by atoms with van der Waals surface area (Å²) < 4.78 is 5.52. The van der Waals surface area contributed by atoms with E-state index in [9.17, 15) is 0 Å². The van der Waals surface area contributed by atoms with Crippen LogP contribution in [0, 0.1) is 5.92 Å². The molecule has 0 amide bonds. The van der Waals surface area contributed by atoms with Gasteiger partial charge in [-0.2, -0.15) is 0 Å². The molecule has 0 aliphatic heterocycles. The number of hydrogen-bond donors (Lipinski definition) is 1. The minimum absolute atomic E-state index is 0.674. The zero-order valence-corrected chi connectivity index (χ0v) is 10.1. The van der Waals surface area contributed by atoms with Crippen molar-refractivity contribution in [3.63, 3.8) is 0 Å². The minimum atomic E-state index is 0.674. The second-order valence-electron chi connectivity index (χ2n) is 3.90. The third kappa shape index (κ3) is 5.65. The molecule has 1 N–H and O–H groups in total. The molecule has 0 heterocycles. The Bertz CT molecular complexity index is 289. The molecule has 0 aromatic heterocycles. The Kier molecular flexibility index (Phi) is 5.51. The third-order valence-corrected chi connectivity index (χ3v) is 2.13. The molecule has 84 valence electrons. The van der Waals surface area contributed by atoms with Gasteiger partial charge in [0.05, 0.1) is 0 Å². The fourth-order valence-corrected chi connectivity index (χ4v) is 1.37. The molecule has 0 fully saturated rings. The average molecular weight is 228 g/mol. The van der Waals surface area contributed by atoms with E-state index in [4.69, 9.17) is 16.3 Å². The van der Waals surface area contributed by atoms with Crippen LogP contribution in [0.25, 0.3) is 0 Å². The maximum Gasteiger partial charge on any atom is 0.120 e. The van der Waals surface area contributed by atoms with Crippen LogP contribution in [0.2, 0.25) is 5.02 Å². The van der Waals surface area contributed by atoms with Crippen molar-refractivity contribution in [2.45, 2.75) is 13.8 Å². The topological polar surface area (TPSA) is 21.3 Å². The Morgan fingerprint density at radius 1 is 1.40 bits per heavy atom. The molecule has 0 radical (unpaired) electrons. The van der Waals surface area contributed by atoms with E-state index in [1.807, 2.05) is 24.3 Å². The molecule has 2 nitrogen and oxygen atoms in total. The summed E-state index contributed by atoms with van der Waals surface area (Å²) in [5, 5.41) is 4.02. The van der Waals surface area contributed by atoms with Gasteiger partial charge in [-0.05, 0) is 30.7 Å². The van der Waals surface area contributed by atoms with Gasteiger partial charge in [0.15, 0.2) is 0 Å². The first-order valence-electron chi connectivity index (χ1n) is 5.27. The van der Waals surface area contributed by atoms with Gasteiger partial charge in [-0.1, -0.05) is 31.5 Å². The highest BCUT2D eigenvalue weighted by atomic mass is 35.5. The fraction of sp³-hybridized carbons (Fsp3) is 0.500. The summed E-state index contributed by atoms with van der Waals surface area (Å²) in [5.41, 5.74) is 0. The molecule has 0 atom stereocenters. The van der Waals surface area contributed by atoms with Crippen LogP contribution in [0.5, 0.6) is 5.75 Å². The molecule has 3 heteroatoms. The van der Waals surface area contributed by atoms with Crippen LogP contribution in [0.15, 0.2) is 24.3 Å². The van der Waals surface area contributed by atoms with Gasteiger partial charge in [0, 0.05) is 11.6 Å². The van der Waals surface area contributed by atoms with Crippen molar-refractivity contribution in [2.24, 2.45) is 5.92 Å². The zero-order chi connectivity index (χ0) is 11.1. The van der Waals surface area contributed by atoms with Gasteiger partial charge in [-0.25, -0.2) is 0 Å². The van der Waals surface area contributed by atoms with Crippen LogP contribution in [0.1, 0.15) is 13.8 Å². The van der Waals surface area contributed by atoms with E-state index in [1.54, 1.807) is 0 Å². The molecule has 1 rings (SSSR count). The van der Waals surface area contributed by atoms with Crippen LogP contribution < -0.4 is 10.1 Å². The van der Waals surface area contributed by atoms with Crippen molar-refractivity contribution < 1.29 is 4.74 Å². The van der Waals surface area contributed by atoms with Gasteiger partial charge in [-0.3, -0.25) is 0 Å². The smallest absolute Gasteiger partial charge is 0.120 e. The van der Waals surface area contributed by atoms with Crippen molar-refractivity contribution in [3.05, 3.63) is 29.3 Å². The van der Waals surface area contributed by atoms with E-state index in [0.29, 0.717) is 17.5 Å². The van der Waals surface area contributed by atoms with E-state index in [0.717, 1.165) is 18.8 Å². The lowest BCUT2D eigenvalue weighted by Gasteiger charge is -2.09. The summed E-state index contributed by atoms with van der Waals surface area (Å²) in [6, 6.07) is 7.46. The Morgan fingerprint density at radius 2 is 2.20 bits per heavy atom. The maximum atomic E-state index is 5.83. The average Bonchev–Trinajstić information content (AvgIpc) is 2.17. The number of ether oxygens (including phenoxy) is 1. The van der Waals surface area contributed by atoms with E-state index < -0.39 is 0 Å². The third-order valence-electron chi connectivity index (χ3n) is 1.90. The van der Waals surface area contributed by atoms with Crippen LogP contribution in [-0.2, 0) is 0 Å². The molecular formula is C12H18ClNO. The zero-order valence-electron chi connectivity index (χ0n) is 9.29. The molecule has 0 bridgehead atoms. The van der Waals surface area contributed by atoms with Crippen LogP contribution >= 0.6 is 11.6 Å². The largest absolute Gasteiger partial charge is 0.492 e. The summed E-state index contributed by atoms with van der Waals surface area (Å²) >= 11 is 5.83. The Hall–Kier alpha value is -0.730. The van der Waals surface area contributed by atoms with Gasteiger partial charge in [0.1, 0.15) is 12.4 Å². The number of halogens is 1. The van der Waals surface area contributed by atoms with Gasteiger partial charge in [-0.15, -0.1) is 0 Å². The number of rotatable bonds is 6. The lowest BCUT2D eigenvalue weighted by Crippen LogP contribution is -2.24. The molecule has 15 heavy (non-hydrogen) atoms. The highest BCUT2D eigenvalue weighted by Crippen LogP contribution is 2.16. The van der Waals surface area contributed by atoms with Gasteiger partial charge in [0.2, 0.25) is 0 Å². The summed E-state index contributed by atoms with van der Waals surface area (Å²) in [5.74, 6) is 1.50. The van der Waals surface area contributed by atoms with Crippen molar-refractivity contribution in [1.82, 2.24) is 5.32 Å². The monoisotopic (exact) mass is 227 g/mol. The van der Waals surface area contributed by atoms with Gasteiger partial charge in [0.25, 0.3) is 0 Å². The highest BCUT2D eigenvalue weighted by Gasteiger charge is 1.95. The van der Waals surface area contributed by atoms with Crippen LogP contribution in [0.3, 0.4) is 0 Å². The van der Waals surface area contributed by atoms with E-state index in [-0.39, 0.29) is 0 Å². The molecule has 0 unspecified atom stereocenters. The number of hydrogen-bond acceptors (Lipinski definition) is 2. The fourth-order valence-electron chi connectivity index (χ4n) is 1.19. The van der Waals surface area contributed by atoms with Crippen molar-refractivity contribution in [3.8, 4) is 5.75 Å². The lowest BCUT2D eigenvalue weighted by atomic mass is 10.2. The first kappa shape index (κ1) is 12.3. The molecular weight excluding hydrogens is 210 g/mol. The quantitative estimate of drug-likeness (QED) is 0.755. The molecule has 0 saturated carbocycles. The summed E-state index contributed by atoms with van der Waals surface area (Å²) in [4.78, 5) is 0. The predicted octanol–water partition coefficient (Wildman–Crippen LogP) is 2.96. The van der Waals surface area contributed by atoms with E-state index >= 15 is 0 Å². The predicted molar refractivity (Wildman–Crippen MR) is 64.7 cm³/mol. The Morgan fingerprint density at radius 3 is 2.87 bits per heavy atom. The summed E-state index contributed by atoms with van der Waals surface area (Å²) in [6.45, 7) is 6.94. The molecule has 0 aliphatic carbocycles. The minimum Gasteiger partial charge on any atom is -0.492 e. The number of benzene rings is 1. The van der Waals surface area contributed by atoms with Gasteiger partial charge < -0.3 is 10.1 Å². The lowest BCUT2D eigenvalue weighted by molar-refractivity contribution is 0.311. The molecule has 1 aromatic rings. The van der Waals surface area contributed by atoms with Crippen molar-refractivity contribution in [1.29, 1.82) is 0 Å². The van der Waals surface area contributed by atoms with Crippen LogP contribution in [-0.4, -0.2) is 19.7 Å². The van der Waals surface area contributed by atoms with Crippen molar-refractivity contribution in [2.75, 3.05) is 19.7 Å². The molecule has 0 aliphatic rings. The van der Waals surface area contributed by atoms with Crippen molar-refractivity contribution >= 4 is 11.6 Å².